The summed E-state index contributed by atoms with van der Waals surface area (Å²) in [5.74, 6) is -0.205. The molecule has 0 unspecified atom stereocenters. The standard InChI is InChI=1S/C11H8BrFN2/c1-7-6-8(2-3-9(7)13)10-4-5-11(12)15-14-10/h2-6H,1H3. The molecule has 0 fully saturated rings. The van der Waals surface area contributed by atoms with Crippen LogP contribution in [-0.4, -0.2) is 10.2 Å². The van der Waals surface area contributed by atoms with Crippen LogP contribution in [0.2, 0.25) is 0 Å². The fourth-order valence-corrected chi connectivity index (χ4v) is 1.49. The summed E-state index contributed by atoms with van der Waals surface area (Å²) in [5.41, 5.74) is 2.22. The van der Waals surface area contributed by atoms with Crippen LogP contribution in [0, 0.1) is 12.7 Å². The van der Waals surface area contributed by atoms with Gasteiger partial charge in [-0.05, 0) is 58.7 Å². The molecule has 1 aromatic carbocycles. The van der Waals surface area contributed by atoms with Gasteiger partial charge in [-0.3, -0.25) is 0 Å². The van der Waals surface area contributed by atoms with Crippen LogP contribution in [0.3, 0.4) is 0 Å². The fourth-order valence-electron chi connectivity index (χ4n) is 1.27. The van der Waals surface area contributed by atoms with Crippen LogP contribution < -0.4 is 0 Å². The zero-order valence-corrected chi connectivity index (χ0v) is 9.62. The summed E-state index contributed by atoms with van der Waals surface area (Å²) in [7, 11) is 0. The summed E-state index contributed by atoms with van der Waals surface area (Å²) < 4.78 is 13.7. The summed E-state index contributed by atoms with van der Waals surface area (Å²) in [6.07, 6.45) is 0. The Bertz CT molecular complexity index is 482. The summed E-state index contributed by atoms with van der Waals surface area (Å²) in [6, 6.07) is 8.53. The van der Waals surface area contributed by atoms with Crippen molar-refractivity contribution in [1.29, 1.82) is 0 Å². The second-order valence-electron chi connectivity index (χ2n) is 3.21. The van der Waals surface area contributed by atoms with Gasteiger partial charge in [-0.2, -0.15) is 0 Å². The topological polar surface area (TPSA) is 25.8 Å². The maximum Gasteiger partial charge on any atom is 0.128 e. The summed E-state index contributed by atoms with van der Waals surface area (Å²) in [5, 5.41) is 7.88. The molecular weight excluding hydrogens is 259 g/mol. The molecule has 1 aromatic heterocycles. The summed E-state index contributed by atoms with van der Waals surface area (Å²) in [4.78, 5) is 0. The third-order valence-electron chi connectivity index (χ3n) is 2.09. The monoisotopic (exact) mass is 266 g/mol. The van der Waals surface area contributed by atoms with Gasteiger partial charge in [-0.1, -0.05) is 0 Å². The van der Waals surface area contributed by atoms with Crippen LogP contribution in [0.5, 0.6) is 0 Å². The molecule has 0 saturated carbocycles. The third-order valence-corrected chi connectivity index (χ3v) is 2.51. The number of nitrogens with zero attached hydrogens (tertiary/aromatic N) is 2. The van der Waals surface area contributed by atoms with Gasteiger partial charge in [0.05, 0.1) is 5.69 Å². The number of hydrogen-bond acceptors (Lipinski definition) is 2. The molecule has 0 atom stereocenters. The van der Waals surface area contributed by atoms with Crippen molar-refractivity contribution in [1.82, 2.24) is 10.2 Å². The van der Waals surface area contributed by atoms with E-state index < -0.39 is 0 Å². The normalized spacial score (nSPS) is 10.3. The Hall–Kier alpha value is -1.29. The predicted octanol–water partition coefficient (Wildman–Crippen LogP) is 3.35. The van der Waals surface area contributed by atoms with E-state index in [-0.39, 0.29) is 5.82 Å². The lowest BCUT2D eigenvalue weighted by atomic mass is 10.1. The second-order valence-corrected chi connectivity index (χ2v) is 4.02. The van der Waals surface area contributed by atoms with Crippen LogP contribution in [0.25, 0.3) is 11.3 Å². The molecule has 2 nitrogen and oxygen atoms in total. The maximum atomic E-state index is 13.0. The average Bonchev–Trinajstić information content (AvgIpc) is 2.23. The molecule has 0 spiro atoms. The fraction of sp³-hybridized carbons (Fsp3) is 0.0909. The van der Waals surface area contributed by atoms with E-state index in [1.807, 2.05) is 6.07 Å². The summed E-state index contributed by atoms with van der Waals surface area (Å²) >= 11 is 3.21. The van der Waals surface area contributed by atoms with Crippen molar-refractivity contribution in [3.05, 3.63) is 46.3 Å². The minimum absolute atomic E-state index is 0.205. The van der Waals surface area contributed by atoms with Gasteiger partial charge < -0.3 is 0 Å². The molecule has 0 radical (unpaired) electrons. The molecule has 0 amide bonds. The molecule has 0 N–H and O–H groups in total. The largest absolute Gasteiger partial charge is 0.207 e. The predicted molar refractivity (Wildman–Crippen MR) is 59.9 cm³/mol. The van der Waals surface area contributed by atoms with E-state index in [0.29, 0.717) is 10.2 Å². The van der Waals surface area contributed by atoms with Crippen molar-refractivity contribution >= 4 is 15.9 Å². The molecule has 4 heteroatoms. The minimum Gasteiger partial charge on any atom is -0.207 e. The van der Waals surface area contributed by atoms with E-state index >= 15 is 0 Å². The number of halogens is 2. The van der Waals surface area contributed by atoms with Gasteiger partial charge in [-0.25, -0.2) is 4.39 Å². The molecule has 0 saturated heterocycles. The van der Waals surface area contributed by atoms with E-state index in [9.17, 15) is 4.39 Å². The smallest absolute Gasteiger partial charge is 0.128 e. The van der Waals surface area contributed by atoms with E-state index in [1.165, 1.54) is 6.07 Å². The number of benzene rings is 1. The highest BCUT2D eigenvalue weighted by molar-refractivity contribution is 9.10. The molecule has 0 aliphatic rings. The van der Waals surface area contributed by atoms with Gasteiger partial charge in [0.25, 0.3) is 0 Å². The first-order chi connectivity index (χ1) is 7.16. The second kappa shape index (κ2) is 4.06. The van der Waals surface area contributed by atoms with Crippen LogP contribution in [0.4, 0.5) is 4.39 Å². The van der Waals surface area contributed by atoms with Crippen LogP contribution in [-0.2, 0) is 0 Å². The highest BCUT2D eigenvalue weighted by atomic mass is 79.9. The lowest BCUT2D eigenvalue weighted by molar-refractivity contribution is 0.618. The van der Waals surface area contributed by atoms with Crippen molar-refractivity contribution in [2.75, 3.05) is 0 Å². The van der Waals surface area contributed by atoms with Crippen molar-refractivity contribution in [3.63, 3.8) is 0 Å². The van der Waals surface area contributed by atoms with Crippen molar-refractivity contribution in [3.8, 4) is 11.3 Å². The lowest BCUT2D eigenvalue weighted by Gasteiger charge is -2.02. The zero-order valence-electron chi connectivity index (χ0n) is 8.04. The van der Waals surface area contributed by atoms with Crippen molar-refractivity contribution in [2.24, 2.45) is 0 Å². The minimum atomic E-state index is -0.205. The number of rotatable bonds is 1. The lowest BCUT2D eigenvalue weighted by Crippen LogP contribution is -1.89. The van der Waals surface area contributed by atoms with Crippen LogP contribution in [0.15, 0.2) is 34.9 Å². The highest BCUT2D eigenvalue weighted by Crippen LogP contribution is 2.19. The first-order valence-corrected chi connectivity index (χ1v) is 5.22. The molecule has 0 bridgehead atoms. The van der Waals surface area contributed by atoms with Gasteiger partial charge in [0, 0.05) is 5.56 Å². The third kappa shape index (κ3) is 2.21. The zero-order chi connectivity index (χ0) is 10.8. The Morgan fingerprint density at radius 2 is 1.93 bits per heavy atom. The Balaban J connectivity index is 2.45. The van der Waals surface area contributed by atoms with E-state index in [0.717, 1.165) is 11.3 Å². The van der Waals surface area contributed by atoms with Crippen LogP contribution >= 0.6 is 15.9 Å². The Labute approximate surface area is 95.3 Å². The van der Waals surface area contributed by atoms with Crippen molar-refractivity contribution < 1.29 is 4.39 Å². The van der Waals surface area contributed by atoms with Gasteiger partial charge in [0.1, 0.15) is 10.4 Å². The maximum absolute atomic E-state index is 13.0. The van der Waals surface area contributed by atoms with Crippen LogP contribution in [0.1, 0.15) is 5.56 Å². The summed E-state index contributed by atoms with van der Waals surface area (Å²) in [6.45, 7) is 1.73. The van der Waals surface area contributed by atoms with Crippen molar-refractivity contribution in [2.45, 2.75) is 6.92 Å². The first-order valence-electron chi connectivity index (χ1n) is 4.42. The number of hydrogen-bond donors (Lipinski definition) is 0. The molecule has 1 heterocycles. The molecule has 76 valence electrons. The molecule has 0 aliphatic heterocycles. The Morgan fingerprint density at radius 1 is 1.13 bits per heavy atom. The van der Waals surface area contributed by atoms with Gasteiger partial charge in [0.2, 0.25) is 0 Å². The SMILES string of the molecule is Cc1cc(-c2ccc(Br)nn2)ccc1F. The molecule has 2 aromatic rings. The average molecular weight is 267 g/mol. The molecule has 2 rings (SSSR count). The first kappa shape index (κ1) is 10.2. The molecule has 0 aliphatic carbocycles. The highest BCUT2D eigenvalue weighted by Gasteiger charge is 2.03. The van der Waals surface area contributed by atoms with E-state index in [4.69, 9.17) is 0 Å². The Kier molecular flexibility index (Phi) is 2.77. The molecule has 15 heavy (non-hydrogen) atoms. The number of aryl methyl sites for hydroxylation is 1. The Morgan fingerprint density at radius 3 is 2.53 bits per heavy atom. The number of aromatic nitrogens is 2. The quantitative estimate of drug-likeness (QED) is 0.791. The van der Waals surface area contributed by atoms with E-state index in [2.05, 4.69) is 26.1 Å². The van der Waals surface area contributed by atoms with E-state index in [1.54, 1.807) is 25.1 Å². The molecular formula is C11H8BrFN2. The van der Waals surface area contributed by atoms with Gasteiger partial charge in [-0.15, -0.1) is 10.2 Å². The van der Waals surface area contributed by atoms with Gasteiger partial charge in [0.15, 0.2) is 0 Å². The van der Waals surface area contributed by atoms with Gasteiger partial charge >= 0.3 is 0 Å².